The number of anilines is 3. The van der Waals surface area contributed by atoms with Crippen LogP contribution in [0, 0.1) is 0 Å². The first-order chi connectivity index (χ1) is 16.2. The molecule has 5 rings (SSSR count). The normalized spacial score (nSPS) is 10.8. The molecule has 4 aromatic carbocycles. The van der Waals surface area contributed by atoms with E-state index >= 15 is 0 Å². The van der Waals surface area contributed by atoms with Crippen LogP contribution < -0.4 is 20.1 Å². The molecule has 0 aliphatic heterocycles. The molecule has 0 aliphatic rings. The number of aromatic nitrogens is 1. The van der Waals surface area contributed by atoms with Crippen molar-refractivity contribution < 1.29 is 9.47 Å². The van der Waals surface area contributed by atoms with Crippen LogP contribution in [0.4, 0.5) is 17.1 Å². The Kier molecular flexibility index (Phi) is 5.68. The van der Waals surface area contributed by atoms with Crippen LogP contribution in [0.5, 0.6) is 11.5 Å². The molecule has 33 heavy (non-hydrogen) atoms. The Morgan fingerprint density at radius 2 is 1.36 bits per heavy atom. The third-order valence-electron chi connectivity index (χ3n) is 5.69. The van der Waals surface area contributed by atoms with E-state index in [1.807, 2.05) is 48.5 Å². The van der Waals surface area contributed by atoms with E-state index in [-0.39, 0.29) is 0 Å². The quantitative estimate of drug-likeness (QED) is 0.277. The lowest BCUT2D eigenvalue weighted by atomic mass is 10.0. The van der Waals surface area contributed by atoms with Gasteiger partial charge in [0.2, 0.25) is 0 Å². The van der Waals surface area contributed by atoms with Crippen molar-refractivity contribution >= 4 is 38.7 Å². The van der Waals surface area contributed by atoms with Gasteiger partial charge in [-0.2, -0.15) is 0 Å². The minimum Gasteiger partial charge on any atom is -0.497 e. The molecule has 1 heterocycles. The molecular weight excluding hydrogens is 410 g/mol. The third kappa shape index (κ3) is 4.39. The zero-order valence-corrected chi connectivity index (χ0v) is 18.6. The van der Waals surface area contributed by atoms with Crippen LogP contribution in [0.3, 0.4) is 0 Å². The fraction of sp³-hybridized carbons (Fsp3) is 0.107. The summed E-state index contributed by atoms with van der Waals surface area (Å²) in [5.74, 6) is 1.66. The predicted octanol–water partition coefficient (Wildman–Crippen LogP) is 6.76. The van der Waals surface area contributed by atoms with Crippen molar-refractivity contribution in [2.75, 3.05) is 24.9 Å². The average Bonchev–Trinajstić information content (AvgIpc) is 2.88. The molecule has 0 unspecified atom stereocenters. The average molecular weight is 436 g/mol. The molecule has 5 heteroatoms. The van der Waals surface area contributed by atoms with Crippen LogP contribution in [-0.4, -0.2) is 19.2 Å². The van der Waals surface area contributed by atoms with E-state index in [1.54, 1.807) is 14.2 Å². The van der Waals surface area contributed by atoms with Gasteiger partial charge in [-0.05, 0) is 60.0 Å². The molecule has 0 spiro atoms. The summed E-state index contributed by atoms with van der Waals surface area (Å²) in [5.41, 5.74) is 4.96. The van der Waals surface area contributed by atoms with Crippen molar-refractivity contribution in [2.45, 2.75) is 6.54 Å². The minimum atomic E-state index is 0.600. The highest BCUT2D eigenvalue weighted by molar-refractivity contribution is 6.09. The predicted molar refractivity (Wildman–Crippen MR) is 136 cm³/mol. The van der Waals surface area contributed by atoms with E-state index in [9.17, 15) is 0 Å². The Morgan fingerprint density at radius 1 is 0.697 bits per heavy atom. The summed E-state index contributed by atoms with van der Waals surface area (Å²) in [6.07, 6.45) is 0. The Morgan fingerprint density at radius 3 is 2.06 bits per heavy atom. The van der Waals surface area contributed by atoms with Crippen LogP contribution in [0.2, 0.25) is 0 Å². The van der Waals surface area contributed by atoms with Crippen LogP contribution in [0.25, 0.3) is 21.7 Å². The largest absolute Gasteiger partial charge is 0.497 e. The summed E-state index contributed by atoms with van der Waals surface area (Å²) >= 11 is 0. The highest BCUT2D eigenvalue weighted by Gasteiger charge is 2.10. The molecule has 1 aromatic heterocycles. The number of nitrogens with one attached hydrogen (secondary N) is 2. The molecule has 0 atom stereocenters. The van der Waals surface area contributed by atoms with Gasteiger partial charge < -0.3 is 20.1 Å². The second kappa shape index (κ2) is 9.09. The van der Waals surface area contributed by atoms with Gasteiger partial charge >= 0.3 is 0 Å². The fourth-order valence-electron chi connectivity index (χ4n) is 3.94. The van der Waals surface area contributed by atoms with Gasteiger partial charge in [0.05, 0.1) is 32.0 Å². The van der Waals surface area contributed by atoms with Gasteiger partial charge in [-0.15, -0.1) is 0 Å². The second-order valence-corrected chi connectivity index (χ2v) is 7.78. The molecule has 0 amide bonds. The summed E-state index contributed by atoms with van der Waals surface area (Å²) in [7, 11) is 3.34. The van der Waals surface area contributed by atoms with Crippen molar-refractivity contribution in [2.24, 2.45) is 0 Å². The lowest BCUT2D eigenvalue weighted by molar-refractivity contribution is 0.415. The van der Waals surface area contributed by atoms with E-state index in [4.69, 9.17) is 14.5 Å². The second-order valence-electron chi connectivity index (χ2n) is 7.78. The molecule has 0 aliphatic carbocycles. The number of nitrogens with zero attached hydrogens (tertiary/aromatic N) is 1. The maximum atomic E-state index is 5.29. The van der Waals surface area contributed by atoms with Crippen molar-refractivity contribution in [3.63, 3.8) is 0 Å². The van der Waals surface area contributed by atoms with Crippen molar-refractivity contribution in [3.8, 4) is 11.5 Å². The van der Waals surface area contributed by atoms with Gasteiger partial charge in [0, 0.05) is 27.8 Å². The SMILES string of the molecule is COc1ccc(NCc2cc(Nc3ccc(OC)cc3)c3ccc4ccccc4c3n2)cc1. The summed E-state index contributed by atoms with van der Waals surface area (Å²) in [6, 6.07) is 30.6. The summed E-state index contributed by atoms with van der Waals surface area (Å²) in [5, 5.41) is 10.4. The first-order valence-electron chi connectivity index (χ1n) is 10.8. The maximum Gasteiger partial charge on any atom is 0.119 e. The Balaban J connectivity index is 1.53. The lowest BCUT2D eigenvalue weighted by Crippen LogP contribution is -2.04. The maximum absolute atomic E-state index is 5.29. The molecule has 5 aromatic rings. The van der Waals surface area contributed by atoms with Gasteiger partial charge in [-0.1, -0.05) is 36.4 Å². The van der Waals surface area contributed by atoms with Gasteiger partial charge in [-0.3, -0.25) is 4.98 Å². The van der Waals surface area contributed by atoms with E-state index in [2.05, 4.69) is 53.1 Å². The zero-order valence-electron chi connectivity index (χ0n) is 18.6. The molecule has 0 radical (unpaired) electrons. The van der Waals surface area contributed by atoms with Crippen LogP contribution in [0.15, 0.2) is 91.0 Å². The third-order valence-corrected chi connectivity index (χ3v) is 5.69. The standard InChI is InChI=1S/C28H25N3O2/c1-32-23-12-8-20(9-13-23)29-18-22-17-27(30-21-10-14-24(33-2)15-11-21)26-16-7-19-5-3-4-6-25(19)28(26)31-22/h3-17,29H,18H2,1-2H3,(H,30,31). The Labute approximate surface area is 193 Å². The summed E-state index contributed by atoms with van der Waals surface area (Å²) in [4.78, 5) is 5.03. The first kappa shape index (κ1) is 20.6. The Bertz CT molecular complexity index is 1400. The summed E-state index contributed by atoms with van der Waals surface area (Å²) < 4.78 is 10.5. The number of hydrogen-bond acceptors (Lipinski definition) is 5. The molecule has 164 valence electrons. The van der Waals surface area contributed by atoms with E-state index in [1.165, 1.54) is 5.39 Å². The minimum absolute atomic E-state index is 0.600. The smallest absolute Gasteiger partial charge is 0.119 e. The van der Waals surface area contributed by atoms with Crippen LogP contribution >= 0.6 is 0 Å². The number of methoxy groups -OCH3 is 2. The van der Waals surface area contributed by atoms with Crippen LogP contribution in [0.1, 0.15) is 5.69 Å². The molecule has 0 bridgehead atoms. The van der Waals surface area contributed by atoms with Crippen LogP contribution in [-0.2, 0) is 6.54 Å². The number of hydrogen-bond donors (Lipinski definition) is 2. The van der Waals surface area contributed by atoms with Gasteiger partial charge in [0.25, 0.3) is 0 Å². The van der Waals surface area contributed by atoms with Gasteiger partial charge in [0.15, 0.2) is 0 Å². The summed E-state index contributed by atoms with van der Waals surface area (Å²) in [6.45, 7) is 0.600. The van der Waals surface area contributed by atoms with Crippen molar-refractivity contribution in [3.05, 3.63) is 96.7 Å². The molecule has 2 N–H and O–H groups in total. The topological polar surface area (TPSA) is 55.4 Å². The van der Waals surface area contributed by atoms with E-state index in [0.29, 0.717) is 6.54 Å². The first-order valence-corrected chi connectivity index (χ1v) is 10.8. The van der Waals surface area contributed by atoms with E-state index < -0.39 is 0 Å². The number of pyridine rings is 1. The molecule has 0 saturated carbocycles. The Hall–Kier alpha value is -4.25. The molecule has 0 fully saturated rings. The molecule has 5 nitrogen and oxygen atoms in total. The van der Waals surface area contributed by atoms with Crippen molar-refractivity contribution in [1.82, 2.24) is 4.98 Å². The number of ether oxygens (including phenoxy) is 2. The fourth-order valence-corrected chi connectivity index (χ4v) is 3.94. The zero-order chi connectivity index (χ0) is 22.6. The monoisotopic (exact) mass is 435 g/mol. The highest BCUT2D eigenvalue weighted by Crippen LogP contribution is 2.32. The molecule has 0 saturated heterocycles. The van der Waals surface area contributed by atoms with E-state index in [0.717, 1.165) is 50.5 Å². The van der Waals surface area contributed by atoms with Gasteiger partial charge in [-0.25, -0.2) is 0 Å². The number of rotatable bonds is 7. The number of benzene rings is 4. The van der Waals surface area contributed by atoms with Crippen molar-refractivity contribution in [1.29, 1.82) is 0 Å². The molecular formula is C28H25N3O2. The lowest BCUT2D eigenvalue weighted by Gasteiger charge is -2.15. The van der Waals surface area contributed by atoms with Gasteiger partial charge in [0.1, 0.15) is 11.5 Å². The highest BCUT2D eigenvalue weighted by atomic mass is 16.5. The number of fused-ring (bicyclic) bond motifs is 3.